The molecule has 0 saturated heterocycles. The molecule has 118 valence electrons. The van der Waals surface area contributed by atoms with Crippen LogP contribution in [0.25, 0.3) is 22.6 Å². The average molecular weight is 305 g/mol. The smallest absolute Gasteiger partial charge is 0.198 e. The molecule has 0 bridgehead atoms. The summed E-state index contributed by atoms with van der Waals surface area (Å²) in [5, 5.41) is 0. The van der Waals surface area contributed by atoms with Gasteiger partial charge in [0.25, 0.3) is 0 Å². The van der Waals surface area contributed by atoms with E-state index >= 15 is 0 Å². The van der Waals surface area contributed by atoms with E-state index < -0.39 is 0 Å². The zero-order valence-electron chi connectivity index (χ0n) is 13.8. The molecule has 3 aromatic rings. The molecule has 2 aromatic carbocycles. The van der Waals surface area contributed by atoms with Crippen LogP contribution in [0.5, 0.6) is 0 Å². The van der Waals surface area contributed by atoms with Crippen molar-refractivity contribution in [3.05, 3.63) is 66.6 Å². The Labute approximate surface area is 138 Å². The summed E-state index contributed by atoms with van der Waals surface area (Å²) in [4.78, 5) is 4.88. The summed E-state index contributed by atoms with van der Waals surface area (Å²) in [5.74, 6) is 2.13. The fourth-order valence-corrected chi connectivity index (χ4v) is 2.94. The van der Waals surface area contributed by atoms with Gasteiger partial charge in [0, 0.05) is 17.0 Å². The maximum atomic E-state index is 6.25. The van der Waals surface area contributed by atoms with Gasteiger partial charge in [-0.1, -0.05) is 80.9 Å². The first-order chi connectivity index (χ1) is 11.3. The van der Waals surface area contributed by atoms with Crippen LogP contribution in [-0.2, 0) is 0 Å². The molecule has 2 nitrogen and oxygen atoms in total. The molecule has 0 amide bonds. The Balaban J connectivity index is 2.11. The van der Waals surface area contributed by atoms with Crippen molar-refractivity contribution in [1.82, 2.24) is 4.98 Å². The summed E-state index contributed by atoms with van der Waals surface area (Å²) < 4.78 is 6.25. The molecule has 2 heteroatoms. The van der Waals surface area contributed by atoms with Crippen molar-refractivity contribution in [3.63, 3.8) is 0 Å². The number of rotatable bonds is 6. The molecule has 3 rings (SSSR count). The van der Waals surface area contributed by atoms with E-state index in [1.54, 1.807) is 0 Å². The third kappa shape index (κ3) is 3.37. The maximum Gasteiger partial charge on any atom is 0.198 e. The molecular formula is C21H23NO. The number of hydrogen-bond donors (Lipinski definition) is 0. The second-order valence-corrected chi connectivity index (χ2v) is 5.86. The van der Waals surface area contributed by atoms with Crippen LogP contribution in [0.4, 0.5) is 0 Å². The monoisotopic (exact) mass is 305 g/mol. The van der Waals surface area contributed by atoms with Gasteiger partial charge in [-0.25, -0.2) is 4.98 Å². The van der Waals surface area contributed by atoms with Gasteiger partial charge < -0.3 is 4.42 Å². The Morgan fingerprint density at radius 3 is 2.04 bits per heavy atom. The molecule has 0 N–H and O–H groups in total. The first-order valence-electron chi connectivity index (χ1n) is 8.45. The van der Waals surface area contributed by atoms with Crippen molar-refractivity contribution >= 4 is 0 Å². The molecule has 1 atom stereocenters. The first-order valence-corrected chi connectivity index (χ1v) is 8.45. The zero-order chi connectivity index (χ0) is 16.1. The molecule has 0 aliphatic rings. The number of hydrogen-bond acceptors (Lipinski definition) is 2. The lowest BCUT2D eigenvalue weighted by Gasteiger charge is -2.08. The largest absolute Gasteiger partial charge is 0.440 e. The van der Waals surface area contributed by atoms with Crippen molar-refractivity contribution in [2.24, 2.45) is 0 Å². The molecule has 0 aliphatic carbocycles. The zero-order valence-corrected chi connectivity index (χ0v) is 13.8. The number of oxazole rings is 1. The Hall–Kier alpha value is -2.35. The van der Waals surface area contributed by atoms with Crippen molar-refractivity contribution in [2.45, 2.75) is 39.0 Å². The highest BCUT2D eigenvalue weighted by Gasteiger charge is 2.21. The van der Waals surface area contributed by atoms with Crippen LogP contribution in [0.3, 0.4) is 0 Å². The molecule has 0 radical (unpaired) electrons. The highest BCUT2D eigenvalue weighted by atomic mass is 16.4. The quantitative estimate of drug-likeness (QED) is 0.534. The lowest BCUT2D eigenvalue weighted by molar-refractivity contribution is 0.428. The van der Waals surface area contributed by atoms with Crippen LogP contribution in [0, 0.1) is 0 Å². The van der Waals surface area contributed by atoms with Gasteiger partial charge in [-0.05, 0) is 12.8 Å². The summed E-state index contributed by atoms with van der Waals surface area (Å²) in [5.41, 5.74) is 3.13. The minimum absolute atomic E-state index is 0.389. The third-order valence-electron chi connectivity index (χ3n) is 4.21. The van der Waals surface area contributed by atoms with E-state index in [1.165, 1.54) is 0 Å². The van der Waals surface area contributed by atoms with E-state index in [0.717, 1.165) is 47.7 Å². The lowest BCUT2D eigenvalue weighted by Crippen LogP contribution is -1.97. The van der Waals surface area contributed by atoms with Gasteiger partial charge in [-0.15, -0.1) is 0 Å². The Morgan fingerprint density at radius 1 is 0.870 bits per heavy atom. The van der Waals surface area contributed by atoms with Gasteiger partial charge in [0.05, 0.1) is 0 Å². The van der Waals surface area contributed by atoms with Crippen LogP contribution in [0.15, 0.2) is 65.1 Å². The predicted molar refractivity (Wildman–Crippen MR) is 95.3 cm³/mol. The minimum Gasteiger partial charge on any atom is -0.440 e. The summed E-state index contributed by atoms with van der Waals surface area (Å²) in [6.07, 6.45) is 3.30. The minimum atomic E-state index is 0.389. The standard InChI is InChI=1S/C21H23NO/c1-3-11-16(4-2)21-22-19(17-12-7-5-8-13-17)20(23-21)18-14-9-6-10-15-18/h5-10,12-16H,3-4,11H2,1-2H3. The van der Waals surface area contributed by atoms with Crippen molar-refractivity contribution in [2.75, 3.05) is 0 Å². The van der Waals surface area contributed by atoms with Crippen LogP contribution in [0.2, 0.25) is 0 Å². The topological polar surface area (TPSA) is 26.0 Å². The van der Waals surface area contributed by atoms with Crippen LogP contribution < -0.4 is 0 Å². The normalized spacial score (nSPS) is 12.3. The van der Waals surface area contributed by atoms with Gasteiger partial charge >= 0.3 is 0 Å². The van der Waals surface area contributed by atoms with Crippen molar-refractivity contribution < 1.29 is 4.42 Å². The van der Waals surface area contributed by atoms with Crippen LogP contribution >= 0.6 is 0 Å². The Kier molecular flexibility index (Phi) is 4.92. The van der Waals surface area contributed by atoms with E-state index in [1.807, 2.05) is 36.4 Å². The molecule has 0 aliphatic heterocycles. The summed E-state index contributed by atoms with van der Waals surface area (Å²) in [6.45, 7) is 4.41. The fourth-order valence-electron chi connectivity index (χ4n) is 2.94. The van der Waals surface area contributed by atoms with Crippen molar-refractivity contribution in [1.29, 1.82) is 0 Å². The molecule has 0 spiro atoms. The van der Waals surface area contributed by atoms with Gasteiger partial charge in [0.15, 0.2) is 11.7 Å². The van der Waals surface area contributed by atoms with E-state index in [0.29, 0.717) is 5.92 Å². The third-order valence-corrected chi connectivity index (χ3v) is 4.21. The SMILES string of the molecule is CCCC(CC)c1nc(-c2ccccc2)c(-c2ccccc2)o1. The molecule has 1 unspecified atom stereocenters. The molecule has 1 aromatic heterocycles. The molecular weight excluding hydrogens is 282 g/mol. The van der Waals surface area contributed by atoms with Gasteiger partial charge in [-0.2, -0.15) is 0 Å². The Morgan fingerprint density at radius 2 is 1.48 bits per heavy atom. The van der Waals surface area contributed by atoms with E-state index in [2.05, 4.69) is 38.1 Å². The van der Waals surface area contributed by atoms with E-state index in [4.69, 9.17) is 9.40 Å². The van der Waals surface area contributed by atoms with Gasteiger partial charge in [-0.3, -0.25) is 0 Å². The van der Waals surface area contributed by atoms with Crippen LogP contribution in [-0.4, -0.2) is 4.98 Å². The first kappa shape index (κ1) is 15.5. The second kappa shape index (κ2) is 7.28. The average Bonchev–Trinajstić information content (AvgIpc) is 3.06. The molecule has 0 fully saturated rings. The number of nitrogens with zero attached hydrogens (tertiary/aromatic N) is 1. The number of aromatic nitrogens is 1. The fraction of sp³-hybridized carbons (Fsp3) is 0.286. The van der Waals surface area contributed by atoms with E-state index in [9.17, 15) is 0 Å². The molecule has 0 saturated carbocycles. The van der Waals surface area contributed by atoms with Crippen molar-refractivity contribution in [3.8, 4) is 22.6 Å². The molecule has 1 heterocycles. The predicted octanol–water partition coefficient (Wildman–Crippen LogP) is 6.30. The number of benzene rings is 2. The lowest BCUT2D eigenvalue weighted by atomic mass is 10.0. The second-order valence-electron chi connectivity index (χ2n) is 5.86. The highest BCUT2D eigenvalue weighted by Crippen LogP contribution is 2.36. The van der Waals surface area contributed by atoms with Gasteiger partial charge in [0.1, 0.15) is 5.69 Å². The summed E-state index contributed by atoms with van der Waals surface area (Å²) in [6, 6.07) is 20.6. The maximum absolute atomic E-state index is 6.25. The highest BCUT2D eigenvalue weighted by molar-refractivity contribution is 5.76. The summed E-state index contributed by atoms with van der Waals surface area (Å²) >= 11 is 0. The van der Waals surface area contributed by atoms with Gasteiger partial charge in [0.2, 0.25) is 0 Å². The molecule has 23 heavy (non-hydrogen) atoms. The van der Waals surface area contributed by atoms with E-state index in [-0.39, 0.29) is 0 Å². The Bertz CT molecular complexity index is 674. The van der Waals surface area contributed by atoms with Crippen LogP contribution in [0.1, 0.15) is 44.9 Å². The summed E-state index contributed by atoms with van der Waals surface area (Å²) in [7, 11) is 0.